The Hall–Kier alpha value is -1.74. The molecule has 6 nitrogen and oxygen atoms in total. The van der Waals surface area contributed by atoms with Gasteiger partial charge in [0.15, 0.2) is 0 Å². The van der Waals surface area contributed by atoms with Crippen LogP contribution in [0.15, 0.2) is 57.9 Å². The lowest BCUT2D eigenvalue weighted by molar-refractivity contribution is -0.126. The summed E-state index contributed by atoms with van der Waals surface area (Å²) in [6.45, 7) is 1.89. The number of sulfonamides is 1. The van der Waals surface area contributed by atoms with Crippen molar-refractivity contribution in [3.63, 3.8) is 0 Å². The van der Waals surface area contributed by atoms with E-state index in [4.69, 9.17) is 0 Å². The van der Waals surface area contributed by atoms with E-state index in [9.17, 15) is 13.2 Å². The standard InChI is InChI=1S/C22H28BrN3O3S/c1-25(2)15-18-7-4-3-6-17(18)14-24-22(27)19-8-5-13-26(16-19)30(28,29)21-11-9-20(23)10-12-21/h3-4,6-7,9-12,19H,5,8,13-16H2,1-2H3,(H,24,27). The molecule has 0 bridgehead atoms. The van der Waals surface area contributed by atoms with E-state index >= 15 is 0 Å². The largest absolute Gasteiger partial charge is 0.352 e. The molecule has 8 heteroatoms. The van der Waals surface area contributed by atoms with E-state index in [1.54, 1.807) is 24.3 Å². The van der Waals surface area contributed by atoms with Crippen molar-refractivity contribution in [1.29, 1.82) is 0 Å². The fourth-order valence-electron chi connectivity index (χ4n) is 3.68. The van der Waals surface area contributed by atoms with Gasteiger partial charge in [-0.15, -0.1) is 0 Å². The van der Waals surface area contributed by atoms with E-state index in [0.717, 1.165) is 16.6 Å². The average Bonchev–Trinajstić information content (AvgIpc) is 2.73. The number of hydrogen-bond donors (Lipinski definition) is 1. The number of piperidine rings is 1. The smallest absolute Gasteiger partial charge is 0.243 e. The van der Waals surface area contributed by atoms with Gasteiger partial charge in [0.2, 0.25) is 15.9 Å². The van der Waals surface area contributed by atoms with Crippen LogP contribution in [0, 0.1) is 5.92 Å². The maximum Gasteiger partial charge on any atom is 0.243 e. The van der Waals surface area contributed by atoms with Crippen molar-refractivity contribution in [2.75, 3.05) is 27.2 Å². The highest BCUT2D eigenvalue weighted by Gasteiger charge is 2.33. The molecule has 1 fully saturated rings. The van der Waals surface area contributed by atoms with Crippen molar-refractivity contribution >= 4 is 31.9 Å². The Labute approximate surface area is 187 Å². The number of carbonyl (C=O) groups excluding carboxylic acids is 1. The fraction of sp³-hybridized carbons (Fsp3) is 0.409. The van der Waals surface area contributed by atoms with Gasteiger partial charge < -0.3 is 10.2 Å². The third-order valence-corrected chi connectivity index (χ3v) is 7.67. The fourth-order valence-corrected chi connectivity index (χ4v) is 5.47. The summed E-state index contributed by atoms with van der Waals surface area (Å²) in [6, 6.07) is 14.6. The Kier molecular flexibility index (Phi) is 7.68. The second kappa shape index (κ2) is 10.0. The highest BCUT2D eigenvalue weighted by atomic mass is 79.9. The number of nitrogens with zero attached hydrogens (tertiary/aromatic N) is 2. The van der Waals surface area contributed by atoms with Crippen LogP contribution in [0.3, 0.4) is 0 Å². The SMILES string of the molecule is CN(C)Cc1ccccc1CNC(=O)C1CCCN(S(=O)(=O)c2ccc(Br)cc2)C1. The van der Waals surface area contributed by atoms with Crippen LogP contribution in [0.25, 0.3) is 0 Å². The second-order valence-electron chi connectivity index (χ2n) is 7.88. The first-order valence-corrected chi connectivity index (χ1v) is 12.3. The van der Waals surface area contributed by atoms with Gasteiger partial charge in [0.1, 0.15) is 0 Å². The molecule has 1 aliphatic rings. The molecule has 0 saturated carbocycles. The third kappa shape index (κ3) is 5.69. The molecule has 30 heavy (non-hydrogen) atoms. The molecule has 2 aromatic rings. The second-order valence-corrected chi connectivity index (χ2v) is 10.7. The van der Waals surface area contributed by atoms with Gasteiger partial charge >= 0.3 is 0 Å². The van der Waals surface area contributed by atoms with Crippen LogP contribution >= 0.6 is 15.9 Å². The predicted octanol–water partition coefficient (Wildman–Crippen LogP) is 3.23. The minimum absolute atomic E-state index is 0.0923. The van der Waals surface area contributed by atoms with Crippen LogP contribution in [0.4, 0.5) is 0 Å². The Balaban J connectivity index is 1.64. The van der Waals surface area contributed by atoms with E-state index < -0.39 is 10.0 Å². The van der Waals surface area contributed by atoms with Crippen LogP contribution in [0.5, 0.6) is 0 Å². The quantitative estimate of drug-likeness (QED) is 0.642. The van der Waals surface area contributed by atoms with Gasteiger partial charge in [-0.1, -0.05) is 40.2 Å². The zero-order valence-electron chi connectivity index (χ0n) is 17.3. The molecule has 1 unspecified atom stereocenters. The van der Waals surface area contributed by atoms with Crippen LogP contribution in [0.2, 0.25) is 0 Å². The summed E-state index contributed by atoms with van der Waals surface area (Å²) in [6.07, 6.45) is 1.36. The topological polar surface area (TPSA) is 69.7 Å². The van der Waals surface area contributed by atoms with Gasteiger partial charge in [-0.3, -0.25) is 4.79 Å². The predicted molar refractivity (Wildman–Crippen MR) is 121 cm³/mol. The molecule has 0 radical (unpaired) electrons. The minimum atomic E-state index is -3.61. The highest BCUT2D eigenvalue weighted by Crippen LogP contribution is 2.25. The Morgan fingerprint density at radius 2 is 1.80 bits per heavy atom. The molecule has 1 aliphatic heterocycles. The molecule has 3 rings (SSSR count). The van der Waals surface area contributed by atoms with Gasteiger partial charge in [-0.25, -0.2) is 8.42 Å². The van der Waals surface area contributed by atoms with Gasteiger partial charge in [-0.05, 0) is 62.3 Å². The molecule has 1 saturated heterocycles. The first-order chi connectivity index (χ1) is 14.3. The summed E-state index contributed by atoms with van der Waals surface area (Å²) in [5.41, 5.74) is 2.25. The van der Waals surface area contributed by atoms with E-state index in [1.165, 1.54) is 9.87 Å². The average molecular weight is 494 g/mol. The highest BCUT2D eigenvalue weighted by molar-refractivity contribution is 9.10. The molecule has 0 spiro atoms. The Morgan fingerprint density at radius 3 is 2.47 bits per heavy atom. The summed E-state index contributed by atoms with van der Waals surface area (Å²) < 4.78 is 28.2. The van der Waals surface area contributed by atoms with Crippen molar-refractivity contribution in [3.8, 4) is 0 Å². The first kappa shape index (κ1) is 22.9. The Bertz CT molecular complexity index is 977. The molecule has 1 heterocycles. The zero-order chi connectivity index (χ0) is 21.7. The number of carbonyl (C=O) groups is 1. The van der Waals surface area contributed by atoms with Crippen LogP contribution in [-0.4, -0.2) is 50.7 Å². The van der Waals surface area contributed by atoms with Gasteiger partial charge in [0, 0.05) is 30.7 Å². The summed E-state index contributed by atoms with van der Waals surface area (Å²) in [5, 5.41) is 3.02. The third-order valence-electron chi connectivity index (χ3n) is 5.26. The van der Waals surface area contributed by atoms with Crippen LogP contribution in [-0.2, 0) is 27.9 Å². The monoisotopic (exact) mass is 493 g/mol. The number of benzene rings is 2. The summed E-state index contributed by atoms with van der Waals surface area (Å²) in [4.78, 5) is 15.2. The normalized spacial score (nSPS) is 17.8. The van der Waals surface area contributed by atoms with Gasteiger partial charge in [0.05, 0.1) is 10.8 Å². The van der Waals surface area contributed by atoms with Crippen molar-refractivity contribution in [2.45, 2.75) is 30.8 Å². The van der Waals surface area contributed by atoms with Crippen molar-refractivity contribution in [2.24, 2.45) is 5.92 Å². The number of amides is 1. The lowest BCUT2D eigenvalue weighted by Gasteiger charge is -2.31. The molecule has 1 amide bonds. The number of hydrogen-bond acceptors (Lipinski definition) is 4. The van der Waals surface area contributed by atoms with E-state index in [0.29, 0.717) is 25.9 Å². The maximum atomic E-state index is 13.0. The van der Waals surface area contributed by atoms with Gasteiger partial charge in [0.25, 0.3) is 0 Å². The van der Waals surface area contributed by atoms with Gasteiger partial charge in [-0.2, -0.15) is 4.31 Å². The molecule has 1 N–H and O–H groups in total. The Morgan fingerprint density at radius 1 is 1.13 bits per heavy atom. The van der Waals surface area contributed by atoms with Crippen molar-refractivity contribution in [1.82, 2.24) is 14.5 Å². The lowest BCUT2D eigenvalue weighted by atomic mass is 9.98. The molecular formula is C22H28BrN3O3S. The molecule has 162 valence electrons. The van der Waals surface area contributed by atoms with E-state index in [1.807, 2.05) is 32.3 Å². The lowest BCUT2D eigenvalue weighted by Crippen LogP contribution is -2.45. The maximum absolute atomic E-state index is 13.0. The molecule has 1 atom stereocenters. The van der Waals surface area contributed by atoms with Crippen molar-refractivity contribution < 1.29 is 13.2 Å². The summed E-state index contributed by atoms with van der Waals surface area (Å²) >= 11 is 3.33. The summed E-state index contributed by atoms with van der Waals surface area (Å²) in [7, 11) is 0.418. The van der Waals surface area contributed by atoms with Crippen LogP contribution in [0.1, 0.15) is 24.0 Å². The molecule has 2 aromatic carbocycles. The number of nitrogens with one attached hydrogen (secondary N) is 1. The van der Waals surface area contributed by atoms with E-state index in [-0.39, 0.29) is 23.3 Å². The zero-order valence-corrected chi connectivity index (χ0v) is 19.7. The van der Waals surface area contributed by atoms with Crippen molar-refractivity contribution in [3.05, 3.63) is 64.1 Å². The number of rotatable bonds is 7. The number of halogens is 1. The molecule has 0 aromatic heterocycles. The molecule has 0 aliphatic carbocycles. The minimum Gasteiger partial charge on any atom is -0.352 e. The van der Waals surface area contributed by atoms with Crippen LogP contribution < -0.4 is 5.32 Å². The van der Waals surface area contributed by atoms with E-state index in [2.05, 4.69) is 32.2 Å². The molecular weight excluding hydrogens is 466 g/mol. The first-order valence-electron chi connectivity index (χ1n) is 10.0. The summed E-state index contributed by atoms with van der Waals surface area (Å²) in [5.74, 6) is -0.435.